The Balaban J connectivity index is 5.05. The van der Waals surface area contributed by atoms with Crippen LogP contribution in [-0.2, 0) is 76.5 Å². The number of imide groups is 2. The minimum absolute atomic E-state index is 0.0499. The fourth-order valence-electron chi connectivity index (χ4n) is 3.18. The van der Waals surface area contributed by atoms with E-state index in [4.69, 9.17) is 30.4 Å². The molecule has 0 aromatic carbocycles. The Labute approximate surface area is 280 Å². The number of hydrogen-bond acceptors (Lipinski definition) is 18. The zero-order valence-corrected chi connectivity index (χ0v) is 26.1. The lowest BCUT2D eigenvalue weighted by atomic mass is 10.2. The van der Waals surface area contributed by atoms with Crippen molar-refractivity contribution in [3.63, 3.8) is 0 Å². The molecule has 0 aliphatic rings. The fourth-order valence-corrected chi connectivity index (χ4v) is 3.18. The highest BCUT2D eigenvalue weighted by atomic mass is 16.6. The second kappa shape index (κ2) is 23.9. The monoisotopic (exact) mass is 716 g/mol. The summed E-state index contributed by atoms with van der Waals surface area (Å²) in [6.07, 6.45) is -3.55. The number of amides is 8. The van der Waals surface area contributed by atoms with Crippen molar-refractivity contribution in [2.75, 3.05) is 78.9 Å². The zero-order chi connectivity index (χ0) is 38.2. The van der Waals surface area contributed by atoms with Crippen LogP contribution in [0, 0.1) is 0 Å². The Hall–Kier alpha value is -6.30. The molecule has 0 bridgehead atoms. The summed E-state index contributed by atoms with van der Waals surface area (Å²) >= 11 is 0. The van der Waals surface area contributed by atoms with Crippen LogP contribution in [0.4, 0.5) is 9.59 Å². The van der Waals surface area contributed by atoms with E-state index in [0.29, 0.717) is 9.80 Å². The molecular weight excluding hydrogens is 684 g/mol. The van der Waals surface area contributed by atoms with Crippen LogP contribution in [0.5, 0.6) is 0 Å². The van der Waals surface area contributed by atoms with Crippen molar-refractivity contribution in [1.29, 1.82) is 0 Å². The molecule has 0 saturated heterocycles. The van der Waals surface area contributed by atoms with E-state index in [1.807, 2.05) is 0 Å². The van der Waals surface area contributed by atoms with Gasteiger partial charge in [-0.3, -0.25) is 72.2 Å². The summed E-state index contributed by atoms with van der Waals surface area (Å²) in [7, 11) is 0. The van der Waals surface area contributed by atoms with Gasteiger partial charge >= 0.3 is 24.0 Å². The molecule has 274 valence electrons. The van der Waals surface area contributed by atoms with Crippen LogP contribution in [-0.4, -0.2) is 183 Å². The first-order valence-corrected chi connectivity index (χ1v) is 13.8. The van der Waals surface area contributed by atoms with E-state index in [9.17, 15) is 67.1 Å². The summed E-state index contributed by atoms with van der Waals surface area (Å²) in [5, 5.41) is 0. The van der Waals surface area contributed by atoms with Crippen LogP contribution in [0.1, 0.15) is 0 Å². The van der Waals surface area contributed by atoms with Crippen molar-refractivity contribution in [3.8, 4) is 0 Å². The number of ketones is 4. The third-order valence-electron chi connectivity index (χ3n) is 5.54. The first kappa shape index (κ1) is 43.7. The summed E-state index contributed by atoms with van der Waals surface area (Å²) in [4.78, 5) is 162. The van der Waals surface area contributed by atoms with Gasteiger partial charge in [0.05, 0.1) is 26.4 Å². The highest BCUT2D eigenvalue weighted by molar-refractivity contribution is 6.75. The van der Waals surface area contributed by atoms with Gasteiger partial charge in [-0.25, -0.2) is 9.59 Å². The molecule has 0 unspecified atom stereocenters. The first-order valence-electron chi connectivity index (χ1n) is 13.8. The standard InChI is InChI=1S/C26H32N6O18/c27-19(39)11-32(12-20(28)40)26(46)50-10-8-48-6-5-47-7-9-49-25(45)29(1-3-30(15-35)23(43)21(41)17(37)13-33)2-4-31(16-36)24(44)22(42)18(38)14-34/h13-16H,1-12H2,(H2,27,39)(H2,28,40). The van der Waals surface area contributed by atoms with Gasteiger partial charge in [-0.05, 0) is 0 Å². The van der Waals surface area contributed by atoms with E-state index in [-0.39, 0.29) is 55.7 Å². The maximum Gasteiger partial charge on any atom is 0.410 e. The number of rotatable bonds is 27. The number of carbonyl (C=O) groups is 14. The van der Waals surface area contributed by atoms with Gasteiger partial charge in [0.15, 0.2) is 12.6 Å². The van der Waals surface area contributed by atoms with E-state index in [1.54, 1.807) is 0 Å². The molecule has 0 aliphatic carbocycles. The Morgan fingerprint density at radius 2 is 0.820 bits per heavy atom. The van der Waals surface area contributed by atoms with Gasteiger partial charge in [-0.2, -0.15) is 0 Å². The average molecular weight is 717 g/mol. The molecule has 0 heterocycles. The molecule has 0 aromatic heterocycles. The number of ether oxygens (including phenoxy) is 4. The molecule has 8 amide bonds. The summed E-state index contributed by atoms with van der Waals surface area (Å²) in [5.41, 5.74) is 9.98. The lowest BCUT2D eigenvalue weighted by molar-refractivity contribution is -0.152. The van der Waals surface area contributed by atoms with Gasteiger partial charge < -0.3 is 35.3 Å². The largest absolute Gasteiger partial charge is 0.447 e. The Morgan fingerprint density at radius 3 is 1.14 bits per heavy atom. The lowest BCUT2D eigenvalue weighted by Gasteiger charge is -2.26. The van der Waals surface area contributed by atoms with Crippen LogP contribution in [0.3, 0.4) is 0 Å². The summed E-state index contributed by atoms with van der Waals surface area (Å²) in [6.45, 7) is -5.30. The number of aldehydes is 2. The second-order valence-electron chi connectivity index (χ2n) is 9.06. The molecule has 0 aromatic rings. The van der Waals surface area contributed by atoms with Gasteiger partial charge in [0, 0.05) is 26.2 Å². The molecule has 0 rings (SSSR count). The minimum atomic E-state index is -1.86. The number of nitrogens with zero attached hydrogens (tertiary/aromatic N) is 4. The molecule has 4 N–H and O–H groups in total. The molecule has 0 saturated carbocycles. The van der Waals surface area contributed by atoms with E-state index in [0.717, 1.165) is 0 Å². The van der Waals surface area contributed by atoms with Gasteiger partial charge in [-0.15, -0.1) is 0 Å². The molecule has 0 aliphatic heterocycles. The Kier molecular flexibility index (Phi) is 20.9. The third-order valence-corrected chi connectivity index (χ3v) is 5.54. The predicted molar refractivity (Wildman–Crippen MR) is 154 cm³/mol. The van der Waals surface area contributed by atoms with Crippen LogP contribution in [0.25, 0.3) is 0 Å². The lowest BCUT2D eigenvalue weighted by Crippen LogP contribution is -2.48. The maximum absolute atomic E-state index is 12.7. The number of Topliss-reactive ketones (excluding diaryl/α,β-unsaturated/α-hetero) is 4. The molecule has 50 heavy (non-hydrogen) atoms. The number of carbonyl (C=O) groups excluding carboxylic acids is 14. The van der Waals surface area contributed by atoms with E-state index >= 15 is 0 Å². The topological polar surface area (TPSA) is 341 Å². The SMILES string of the molecule is NC(=O)CN(CC(N)=O)C(=O)OCCOCCOCCOC(=O)N(CCN(C=O)C(=O)C(=O)C(=O)C=O)CCN(C=O)C(=O)C(=O)C(=O)C=O. The van der Waals surface area contributed by atoms with Crippen molar-refractivity contribution < 1.29 is 86.1 Å². The first-order chi connectivity index (χ1) is 23.6. The molecule has 24 heteroatoms. The number of primary amides is 2. The van der Waals surface area contributed by atoms with Crippen molar-refractivity contribution >= 4 is 84.3 Å². The van der Waals surface area contributed by atoms with Crippen molar-refractivity contribution in [2.24, 2.45) is 11.5 Å². The molecule has 24 nitrogen and oxygen atoms in total. The highest BCUT2D eigenvalue weighted by Gasteiger charge is 2.30. The van der Waals surface area contributed by atoms with Crippen LogP contribution in [0.2, 0.25) is 0 Å². The van der Waals surface area contributed by atoms with Crippen molar-refractivity contribution in [3.05, 3.63) is 0 Å². The Bertz CT molecular complexity index is 1270. The number of hydrogen-bond donors (Lipinski definition) is 2. The number of nitrogens with two attached hydrogens (primary N) is 2. The quantitative estimate of drug-likeness (QED) is 0.0345. The summed E-state index contributed by atoms with van der Waals surface area (Å²) in [5.74, 6) is -12.5. The van der Waals surface area contributed by atoms with Gasteiger partial charge in [0.25, 0.3) is 23.1 Å². The minimum Gasteiger partial charge on any atom is -0.447 e. The predicted octanol–water partition coefficient (Wildman–Crippen LogP) is -6.49. The van der Waals surface area contributed by atoms with E-state index < -0.39 is 117 Å². The maximum atomic E-state index is 12.7. The Morgan fingerprint density at radius 1 is 0.480 bits per heavy atom. The average Bonchev–Trinajstić information content (AvgIpc) is 3.09. The second-order valence-corrected chi connectivity index (χ2v) is 9.06. The van der Waals surface area contributed by atoms with Crippen molar-refractivity contribution in [2.45, 2.75) is 0 Å². The molecule has 0 fully saturated rings. The fraction of sp³-hybridized carbons (Fsp3) is 0.462. The molecule has 0 radical (unpaired) electrons. The third kappa shape index (κ3) is 16.5. The van der Waals surface area contributed by atoms with Gasteiger partial charge in [-0.1, -0.05) is 0 Å². The normalized spacial score (nSPS) is 10.0. The van der Waals surface area contributed by atoms with E-state index in [2.05, 4.69) is 0 Å². The molecule has 0 atom stereocenters. The smallest absolute Gasteiger partial charge is 0.410 e. The van der Waals surface area contributed by atoms with Crippen LogP contribution >= 0.6 is 0 Å². The highest BCUT2D eigenvalue weighted by Crippen LogP contribution is 2.01. The van der Waals surface area contributed by atoms with Gasteiger partial charge in [0.2, 0.25) is 24.6 Å². The molecule has 0 spiro atoms. The van der Waals surface area contributed by atoms with Crippen LogP contribution < -0.4 is 11.5 Å². The van der Waals surface area contributed by atoms with Crippen molar-refractivity contribution in [1.82, 2.24) is 19.6 Å². The van der Waals surface area contributed by atoms with Crippen LogP contribution in [0.15, 0.2) is 0 Å². The van der Waals surface area contributed by atoms with Gasteiger partial charge in [0.1, 0.15) is 26.3 Å². The summed E-state index contributed by atoms with van der Waals surface area (Å²) < 4.78 is 20.2. The summed E-state index contributed by atoms with van der Waals surface area (Å²) in [6, 6.07) is 0. The van der Waals surface area contributed by atoms with E-state index in [1.165, 1.54) is 0 Å². The molecular formula is C26H32N6O18. The zero-order valence-electron chi connectivity index (χ0n) is 26.1.